The van der Waals surface area contributed by atoms with Crippen LogP contribution in [0.2, 0.25) is 0 Å². The molecule has 0 radical (unpaired) electrons. The number of hydrogen-bond acceptors (Lipinski definition) is 8. The summed E-state index contributed by atoms with van der Waals surface area (Å²) in [4.78, 5) is 38.3. The Kier molecular flexibility index (Phi) is 7.50. The molecular formula is C18H25N5O8S. The number of fused-ring (bicyclic) bond motifs is 2. The number of carbonyl (C=O) groups excluding carboxylic acids is 3. The molecule has 1 aromatic rings. The minimum atomic E-state index is -4.87. The van der Waals surface area contributed by atoms with Gasteiger partial charge in [0.05, 0.1) is 19.1 Å². The number of ether oxygens (including phenoxy) is 1. The van der Waals surface area contributed by atoms with E-state index in [9.17, 15) is 22.8 Å². The van der Waals surface area contributed by atoms with Gasteiger partial charge in [-0.15, -0.1) is 4.28 Å². The summed E-state index contributed by atoms with van der Waals surface area (Å²) in [6.07, 6.45) is 1.11. The lowest BCUT2D eigenvalue weighted by molar-refractivity contribution is -0.131. The van der Waals surface area contributed by atoms with Crippen LogP contribution in [0, 0.1) is 0 Å². The zero-order chi connectivity index (χ0) is 23.3. The van der Waals surface area contributed by atoms with E-state index in [-0.39, 0.29) is 25.8 Å². The van der Waals surface area contributed by atoms with Crippen LogP contribution in [0.1, 0.15) is 24.8 Å². The van der Waals surface area contributed by atoms with Crippen molar-refractivity contribution in [3.05, 3.63) is 29.8 Å². The predicted molar refractivity (Wildman–Crippen MR) is 109 cm³/mol. The zero-order valence-electron chi connectivity index (χ0n) is 17.1. The summed E-state index contributed by atoms with van der Waals surface area (Å²) in [5.74, 6) is -0.584. The van der Waals surface area contributed by atoms with Gasteiger partial charge in [0.2, 0.25) is 5.91 Å². The summed E-state index contributed by atoms with van der Waals surface area (Å²) >= 11 is 0. The molecule has 0 spiro atoms. The molecule has 14 heteroatoms. The molecule has 4 amide bonds. The highest BCUT2D eigenvalue weighted by Gasteiger charge is 2.49. The van der Waals surface area contributed by atoms with E-state index >= 15 is 0 Å². The van der Waals surface area contributed by atoms with Gasteiger partial charge in [-0.3, -0.25) is 25.0 Å². The molecule has 3 rings (SSSR count). The van der Waals surface area contributed by atoms with Crippen LogP contribution in [0.25, 0.3) is 0 Å². The maximum Gasteiger partial charge on any atom is 0.418 e. The number of amides is 4. The van der Waals surface area contributed by atoms with Crippen molar-refractivity contribution in [2.75, 3.05) is 19.7 Å². The van der Waals surface area contributed by atoms with Crippen molar-refractivity contribution in [2.45, 2.75) is 37.8 Å². The first-order valence-electron chi connectivity index (χ1n) is 9.96. The molecule has 13 nitrogen and oxygen atoms in total. The van der Waals surface area contributed by atoms with Gasteiger partial charge in [0.25, 0.3) is 5.91 Å². The second kappa shape index (κ2) is 10.1. The van der Waals surface area contributed by atoms with Gasteiger partial charge in [-0.1, -0.05) is 18.2 Å². The van der Waals surface area contributed by atoms with Crippen LogP contribution >= 0.6 is 0 Å². The fourth-order valence-corrected chi connectivity index (χ4v) is 3.98. The standard InChI is InChI=1S/C18H25N5O8S/c19-8-3-9-30-15-5-2-1-4-12(15)10-16(24)20-21-17(25)14-7-6-13-11-22(14)18(26)23(13)31-32(27,28)29/h1-2,4-5,13-14H,3,6-11,19H2,(H,20,24)(H,21,25)(H,27,28,29)/t13-,14+/m1/s1. The SMILES string of the molecule is NCCCOc1ccccc1CC(=O)NNC(=O)[C@@H]1CC[C@@H]2CN1C(=O)N2OS(=O)(=O)O. The Morgan fingerprint density at radius 1 is 1.22 bits per heavy atom. The van der Waals surface area contributed by atoms with Gasteiger partial charge in [0.15, 0.2) is 0 Å². The van der Waals surface area contributed by atoms with E-state index in [0.717, 1.165) is 4.90 Å². The fraction of sp³-hybridized carbons (Fsp3) is 0.500. The van der Waals surface area contributed by atoms with Crippen LogP contribution in [0.5, 0.6) is 5.75 Å². The molecule has 2 heterocycles. The number of hydrazine groups is 1. The number of para-hydroxylation sites is 1. The van der Waals surface area contributed by atoms with E-state index < -0.39 is 40.3 Å². The lowest BCUT2D eigenvalue weighted by Gasteiger charge is -2.29. The Labute approximate surface area is 184 Å². The summed E-state index contributed by atoms with van der Waals surface area (Å²) in [5.41, 5.74) is 10.7. The van der Waals surface area contributed by atoms with E-state index in [4.69, 9.17) is 15.0 Å². The molecule has 0 saturated carbocycles. The number of rotatable bonds is 9. The van der Waals surface area contributed by atoms with Gasteiger partial charge in [-0.2, -0.15) is 13.5 Å². The largest absolute Gasteiger partial charge is 0.493 e. The summed E-state index contributed by atoms with van der Waals surface area (Å²) in [5, 5.41) is 0.544. The lowest BCUT2D eigenvalue weighted by atomic mass is 10.0. The lowest BCUT2D eigenvalue weighted by Crippen LogP contribution is -2.54. The van der Waals surface area contributed by atoms with Gasteiger partial charge in [0.1, 0.15) is 11.8 Å². The number of piperidine rings is 1. The summed E-state index contributed by atoms with van der Waals surface area (Å²) in [7, 11) is -4.87. The van der Waals surface area contributed by atoms with Crippen molar-refractivity contribution in [3.8, 4) is 5.75 Å². The van der Waals surface area contributed by atoms with E-state index in [2.05, 4.69) is 15.1 Å². The third-order valence-corrected chi connectivity index (χ3v) is 5.40. The molecule has 5 N–H and O–H groups in total. The average molecular weight is 471 g/mol. The number of nitrogens with one attached hydrogen (secondary N) is 2. The van der Waals surface area contributed by atoms with Crippen molar-refractivity contribution in [1.29, 1.82) is 0 Å². The number of benzene rings is 1. The van der Waals surface area contributed by atoms with Crippen LogP contribution in [0.15, 0.2) is 24.3 Å². The fourth-order valence-electron chi connectivity index (χ4n) is 3.59. The van der Waals surface area contributed by atoms with Crippen molar-refractivity contribution in [2.24, 2.45) is 5.73 Å². The second-order valence-electron chi connectivity index (χ2n) is 7.32. The van der Waals surface area contributed by atoms with Gasteiger partial charge >= 0.3 is 16.4 Å². The number of carbonyl (C=O) groups is 3. The first kappa shape index (κ1) is 23.7. The van der Waals surface area contributed by atoms with Gasteiger partial charge < -0.3 is 15.4 Å². The minimum absolute atomic E-state index is 0.0495. The third-order valence-electron chi connectivity index (χ3n) is 5.05. The normalized spacial score (nSPS) is 20.2. The molecule has 32 heavy (non-hydrogen) atoms. The molecule has 0 unspecified atom stereocenters. The quantitative estimate of drug-likeness (QED) is 0.202. The van der Waals surface area contributed by atoms with Crippen molar-refractivity contribution in [3.63, 3.8) is 0 Å². The molecule has 0 aromatic heterocycles. The van der Waals surface area contributed by atoms with Crippen molar-refractivity contribution >= 4 is 28.2 Å². The molecule has 2 aliphatic heterocycles. The number of hydrogen-bond donors (Lipinski definition) is 4. The van der Waals surface area contributed by atoms with Gasteiger partial charge in [-0.25, -0.2) is 4.79 Å². The molecule has 2 fully saturated rings. The van der Waals surface area contributed by atoms with E-state index in [1.54, 1.807) is 24.3 Å². The second-order valence-corrected chi connectivity index (χ2v) is 8.33. The topological polar surface area (TPSA) is 181 Å². The van der Waals surface area contributed by atoms with Crippen LogP contribution in [0.3, 0.4) is 0 Å². The number of hydroxylamine groups is 2. The smallest absolute Gasteiger partial charge is 0.418 e. The Bertz CT molecular complexity index is 972. The summed E-state index contributed by atoms with van der Waals surface area (Å²) in [6, 6.07) is 4.59. The molecule has 2 aliphatic rings. The van der Waals surface area contributed by atoms with Crippen LogP contribution in [-0.4, -0.2) is 72.6 Å². The first-order chi connectivity index (χ1) is 15.2. The zero-order valence-corrected chi connectivity index (χ0v) is 17.9. The number of nitrogens with zero attached hydrogens (tertiary/aromatic N) is 2. The third kappa shape index (κ3) is 5.85. The molecular weight excluding hydrogens is 446 g/mol. The van der Waals surface area contributed by atoms with E-state index in [1.165, 1.54) is 0 Å². The van der Waals surface area contributed by atoms with E-state index in [1.807, 2.05) is 0 Å². The number of urea groups is 1. The monoisotopic (exact) mass is 471 g/mol. The predicted octanol–water partition coefficient (Wildman–Crippen LogP) is -0.893. The Hall–Kier alpha value is -2.94. The Balaban J connectivity index is 1.53. The minimum Gasteiger partial charge on any atom is -0.493 e. The summed E-state index contributed by atoms with van der Waals surface area (Å²) < 4.78 is 40.7. The summed E-state index contributed by atoms with van der Waals surface area (Å²) in [6.45, 7) is 0.945. The van der Waals surface area contributed by atoms with Crippen LogP contribution in [0.4, 0.5) is 4.79 Å². The number of nitrogens with two attached hydrogens (primary N) is 1. The molecule has 1 aromatic carbocycles. The van der Waals surface area contributed by atoms with Gasteiger partial charge in [-0.05, 0) is 31.9 Å². The Morgan fingerprint density at radius 3 is 2.69 bits per heavy atom. The molecule has 2 bridgehead atoms. The molecule has 0 aliphatic carbocycles. The van der Waals surface area contributed by atoms with Gasteiger partial charge in [0, 0.05) is 12.1 Å². The van der Waals surface area contributed by atoms with Crippen LogP contribution < -0.4 is 21.3 Å². The Morgan fingerprint density at radius 2 is 1.97 bits per heavy atom. The highest BCUT2D eigenvalue weighted by molar-refractivity contribution is 7.80. The van der Waals surface area contributed by atoms with Crippen molar-refractivity contribution in [1.82, 2.24) is 20.8 Å². The van der Waals surface area contributed by atoms with Crippen molar-refractivity contribution < 1.29 is 36.4 Å². The molecule has 2 atom stereocenters. The molecule has 2 saturated heterocycles. The van der Waals surface area contributed by atoms with E-state index in [0.29, 0.717) is 35.9 Å². The molecule has 176 valence electrons. The highest BCUT2D eigenvalue weighted by Crippen LogP contribution is 2.30. The maximum atomic E-state index is 12.5. The maximum absolute atomic E-state index is 12.5. The van der Waals surface area contributed by atoms with Crippen LogP contribution in [-0.2, 0) is 30.7 Å². The first-order valence-corrected chi connectivity index (χ1v) is 11.3. The highest BCUT2D eigenvalue weighted by atomic mass is 32.3. The average Bonchev–Trinajstić information content (AvgIpc) is 2.97.